The zero-order valence-corrected chi connectivity index (χ0v) is 12.5. The van der Waals surface area contributed by atoms with Crippen LogP contribution in [0.2, 0.25) is 0 Å². The number of piperidine rings is 1. The van der Waals surface area contributed by atoms with Crippen molar-refractivity contribution in [1.82, 2.24) is 9.21 Å². The van der Waals surface area contributed by atoms with Crippen LogP contribution in [-0.2, 0) is 14.8 Å². The van der Waals surface area contributed by atoms with Gasteiger partial charge in [0.25, 0.3) is 0 Å². The number of hydrogen-bond donors (Lipinski definition) is 1. The molecule has 0 aromatic rings. The lowest BCUT2D eigenvalue weighted by Crippen LogP contribution is -2.50. The van der Waals surface area contributed by atoms with Crippen molar-refractivity contribution in [2.24, 2.45) is 0 Å². The molecular weight excluding hydrogens is 268 g/mol. The van der Waals surface area contributed by atoms with E-state index >= 15 is 0 Å². The molecule has 112 valence electrons. The highest BCUT2D eigenvalue weighted by Crippen LogP contribution is 2.22. The second-order valence-electron chi connectivity index (χ2n) is 5.67. The summed E-state index contributed by atoms with van der Waals surface area (Å²) in [6.07, 6.45) is 0.418. The molecule has 0 saturated carbocycles. The Balaban J connectivity index is 1.97. The molecule has 0 amide bonds. The summed E-state index contributed by atoms with van der Waals surface area (Å²) in [4.78, 5) is 2.09. The molecule has 2 aliphatic heterocycles. The molecule has 0 bridgehead atoms. The fourth-order valence-electron chi connectivity index (χ4n) is 2.84. The van der Waals surface area contributed by atoms with Crippen LogP contribution in [0, 0.1) is 0 Å². The number of morpholine rings is 1. The quantitative estimate of drug-likeness (QED) is 0.759. The first kappa shape index (κ1) is 15.2. The molecule has 2 aliphatic rings. The molecular formula is C12H24N2O4S. The van der Waals surface area contributed by atoms with E-state index in [4.69, 9.17) is 4.74 Å². The van der Waals surface area contributed by atoms with Gasteiger partial charge in [-0.2, -0.15) is 4.31 Å². The lowest BCUT2D eigenvalue weighted by molar-refractivity contribution is -0.00770. The first-order chi connectivity index (χ1) is 8.88. The maximum absolute atomic E-state index is 12.4. The lowest BCUT2D eigenvalue weighted by atomic mass is 10.0. The molecule has 7 heteroatoms. The van der Waals surface area contributed by atoms with Crippen molar-refractivity contribution in [3.05, 3.63) is 0 Å². The molecule has 2 rings (SSSR count). The van der Waals surface area contributed by atoms with Gasteiger partial charge in [0.1, 0.15) is 0 Å². The molecule has 0 radical (unpaired) electrons. The first-order valence-corrected chi connectivity index (χ1v) is 8.47. The van der Waals surface area contributed by atoms with E-state index in [0.717, 1.165) is 6.54 Å². The minimum Gasteiger partial charge on any atom is -0.393 e. The molecule has 2 heterocycles. The van der Waals surface area contributed by atoms with Gasteiger partial charge in [0, 0.05) is 25.7 Å². The summed E-state index contributed by atoms with van der Waals surface area (Å²) in [7, 11) is -1.33. The summed E-state index contributed by atoms with van der Waals surface area (Å²) in [5, 5.41) is 9.57. The summed E-state index contributed by atoms with van der Waals surface area (Å²) >= 11 is 0. The fraction of sp³-hybridized carbons (Fsp3) is 1.00. The van der Waals surface area contributed by atoms with Gasteiger partial charge in [-0.1, -0.05) is 0 Å². The number of sulfonamides is 1. The molecule has 6 nitrogen and oxygen atoms in total. The van der Waals surface area contributed by atoms with E-state index in [1.54, 1.807) is 0 Å². The summed E-state index contributed by atoms with van der Waals surface area (Å²) < 4.78 is 31.9. The number of nitrogens with zero attached hydrogens (tertiary/aromatic N) is 2. The van der Waals surface area contributed by atoms with Crippen LogP contribution in [0.3, 0.4) is 0 Å². The summed E-state index contributed by atoms with van der Waals surface area (Å²) in [5.41, 5.74) is 0. The maximum atomic E-state index is 12.4. The highest BCUT2D eigenvalue weighted by atomic mass is 32.2. The standard InChI is InChI=1S/C12H24N2O4S/c1-10-7-11(15)3-4-14(10)19(16,17)9-12-8-13(2)5-6-18-12/h10-12,15H,3-9H2,1-2H3/t10-,11-,12?/m1/s1. The van der Waals surface area contributed by atoms with Gasteiger partial charge in [-0.3, -0.25) is 0 Å². The molecule has 0 aromatic carbocycles. The van der Waals surface area contributed by atoms with Gasteiger partial charge < -0.3 is 14.7 Å². The molecule has 0 spiro atoms. The van der Waals surface area contributed by atoms with E-state index in [1.165, 1.54) is 4.31 Å². The zero-order valence-electron chi connectivity index (χ0n) is 11.7. The SMILES string of the molecule is C[C@@H]1C[C@H](O)CCN1S(=O)(=O)CC1CN(C)CCO1. The number of aliphatic hydroxyl groups is 1. The van der Waals surface area contributed by atoms with Crippen molar-refractivity contribution in [2.45, 2.75) is 38.0 Å². The Morgan fingerprint density at radius 3 is 2.74 bits per heavy atom. The molecule has 2 fully saturated rings. The zero-order chi connectivity index (χ0) is 14.0. The van der Waals surface area contributed by atoms with E-state index in [1.807, 2.05) is 14.0 Å². The van der Waals surface area contributed by atoms with Crippen molar-refractivity contribution in [3.63, 3.8) is 0 Å². The first-order valence-electron chi connectivity index (χ1n) is 6.86. The normalized spacial score (nSPS) is 35.4. The van der Waals surface area contributed by atoms with Gasteiger partial charge in [0.2, 0.25) is 10.0 Å². The molecule has 0 aromatic heterocycles. The number of aliphatic hydroxyl groups excluding tert-OH is 1. The number of likely N-dealkylation sites (N-methyl/N-ethyl adjacent to an activating group) is 1. The van der Waals surface area contributed by atoms with Gasteiger partial charge in [-0.15, -0.1) is 0 Å². The Labute approximate surface area is 115 Å². The highest BCUT2D eigenvalue weighted by molar-refractivity contribution is 7.89. The van der Waals surface area contributed by atoms with E-state index in [-0.39, 0.29) is 24.0 Å². The van der Waals surface area contributed by atoms with Gasteiger partial charge in [0.05, 0.1) is 24.6 Å². The second kappa shape index (κ2) is 6.05. The summed E-state index contributed by atoms with van der Waals surface area (Å²) in [5.74, 6) is 0.0395. The molecule has 0 aliphatic carbocycles. The summed E-state index contributed by atoms with van der Waals surface area (Å²) in [6.45, 7) is 4.36. The van der Waals surface area contributed by atoms with Crippen LogP contribution in [0.4, 0.5) is 0 Å². The van der Waals surface area contributed by atoms with E-state index in [0.29, 0.717) is 32.5 Å². The van der Waals surface area contributed by atoms with Crippen molar-refractivity contribution >= 4 is 10.0 Å². The van der Waals surface area contributed by atoms with Crippen LogP contribution in [0.5, 0.6) is 0 Å². The topological polar surface area (TPSA) is 70.1 Å². The van der Waals surface area contributed by atoms with Crippen LogP contribution in [0.1, 0.15) is 19.8 Å². The Hall–Kier alpha value is -0.210. The number of rotatable bonds is 3. The average molecular weight is 292 g/mol. The van der Waals surface area contributed by atoms with Crippen molar-refractivity contribution in [1.29, 1.82) is 0 Å². The lowest BCUT2D eigenvalue weighted by Gasteiger charge is -2.37. The Morgan fingerprint density at radius 2 is 2.11 bits per heavy atom. The molecule has 3 atom stereocenters. The van der Waals surface area contributed by atoms with Crippen molar-refractivity contribution in [3.8, 4) is 0 Å². The number of hydrogen-bond acceptors (Lipinski definition) is 5. The second-order valence-corrected chi connectivity index (χ2v) is 7.64. The highest BCUT2D eigenvalue weighted by Gasteiger charge is 2.35. The van der Waals surface area contributed by atoms with Gasteiger partial charge in [-0.25, -0.2) is 8.42 Å². The molecule has 2 saturated heterocycles. The van der Waals surface area contributed by atoms with Crippen LogP contribution < -0.4 is 0 Å². The van der Waals surface area contributed by atoms with E-state index in [2.05, 4.69) is 4.90 Å². The van der Waals surface area contributed by atoms with Crippen molar-refractivity contribution < 1.29 is 18.3 Å². The molecule has 1 unspecified atom stereocenters. The van der Waals surface area contributed by atoms with Gasteiger partial charge >= 0.3 is 0 Å². The third kappa shape index (κ3) is 3.88. The van der Waals surface area contributed by atoms with Crippen LogP contribution in [0.25, 0.3) is 0 Å². The summed E-state index contributed by atoms with van der Waals surface area (Å²) in [6, 6.07) is -0.130. The minimum atomic E-state index is -3.31. The molecule has 1 N–H and O–H groups in total. The Morgan fingerprint density at radius 1 is 1.37 bits per heavy atom. The third-order valence-electron chi connectivity index (χ3n) is 3.88. The maximum Gasteiger partial charge on any atom is 0.216 e. The monoisotopic (exact) mass is 292 g/mol. The van der Waals surface area contributed by atoms with Gasteiger partial charge in [0.15, 0.2) is 0 Å². The molecule has 19 heavy (non-hydrogen) atoms. The van der Waals surface area contributed by atoms with Crippen LogP contribution in [-0.4, -0.2) is 80.0 Å². The van der Waals surface area contributed by atoms with Crippen LogP contribution in [0.15, 0.2) is 0 Å². The van der Waals surface area contributed by atoms with Crippen molar-refractivity contribution in [2.75, 3.05) is 39.0 Å². The fourth-order valence-corrected chi connectivity index (χ4v) is 4.72. The van der Waals surface area contributed by atoms with E-state index < -0.39 is 10.0 Å². The Bertz CT molecular complexity index is 401. The predicted molar refractivity (Wildman–Crippen MR) is 72.4 cm³/mol. The van der Waals surface area contributed by atoms with E-state index in [9.17, 15) is 13.5 Å². The largest absolute Gasteiger partial charge is 0.393 e. The third-order valence-corrected chi connectivity index (χ3v) is 5.93. The smallest absolute Gasteiger partial charge is 0.216 e. The number of ether oxygens (including phenoxy) is 1. The minimum absolute atomic E-state index is 0.0395. The predicted octanol–water partition coefficient (Wildman–Crippen LogP) is -0.508. The Kier molecular flexibility index (Phi) is 4.84. The average Bonchev–Trinajstić information content (AvgIpc) is 2.27. The van der Waals surface area contributed by atoms with Crippen LogP contribution >= 0.6 is 0 Å². The van der Waals surface area contributed by atoms with Gasteiger partial charge in [-0.05, 0) is 26.8 Å².